The van der Waals surface area contributed by atoms with Crippen molar-refractivity contribution in [2.45, 2.75) is 43.3 Å². The highest BCUT2D eigenvalue weighted by Gasteiger charge is 2.26. The maximum absolute atomic E-state index is 12.1. The Morgan fingerprint density at radius 1 is 1.29 bits per heavy atom. The minimum Gasteiger partial charge on any atom is -0.354 e. The number of thiophene rings is 1. The molecular formula is C20H29Cl2N3OS2. The molecule has 0 aliphatic carbocycles. The highest BCUT2D eigenvalue weighted by molar-refractivity contribution is 7.98. The van der Waals surface area contributed by atoms with Crippen LogP contribution in [0.2, 0.25) is 0 Å². The number of rotatable bonds is 7. The fourth-order valence-corrected chi connectivity index (χ4v) is 4.69. The Hall–Kier alpha value is -0.760. The third-order valence-corrected chi connectivity index (χ3v) is 6.55. The molecule has 0 bridgehead atoms. The molecule has 3 N–H and O–H groups in total. The van der Waals surface area contributed by atoms with Crippen LogP contribution in [-0.2, 0) is 17.8 Å². The van der Waals surface area contributed by atoms with Crippen molar-refractivity contribution in [2.75, 3.05) is 19.3 Å². The van der Waals surface area contributed by atoms with Gasteiger partial charge in [0.1, 0.15) is 0 Å². The lowest BCUT2D eigenvalue weighted by atomic mass is 10.0. The second kappa shape index (κ2) is 12.1. The maximum atomic E-state index is 12.1. The third kappa shape index (κ3) is 6.65. The number of hydrogen-bond donors (Lipinski definition) is 2. The molecule has 2 unspecified atom stereocenters. The van der Waals surface area contributed by atoms with Crippen LogP contribution in [0.3, 0.4) is 0 Å². The van der Waals surface area contributed by atoms with E-state index >= 15 is 0 Å². The summed E-state index contributed by atoms with van der Waals surface area (Å²) in [6, 6.07) is 11.0. The van der Waals surface area contributed by atoms with E-state index in [1.807, 2.05) is 18.3 Å². The Kier molecular flexibility index (Phi) is 10.9. The van der Waals surface area contributed by atoms with Crippen LogP contribution in [0, 0.1) is 0 Å². The number of amides is 1. The summed E-state index contributed by atoms with van der Waals surface area (Å²) in [5.74, 6) is 0.0268. The number of thioether (sulfide) groups is 1. The van der Waals surface area contributed by atoms with Gasteiger partial charge in [0.05, 0.1) is 6.04 Å². The van der Waals surface area contributed by atoms with E-state index in [2.05, 4.69) is 52.2 Å². The monoisotopic (exact) mass is 461 g/mol. The Morgan fingerprint density at radius 3 is 2.64 bits per heavy atom. The molecule has 1 aliphatic rings. The molecule has 156 valence electrons. The van der Waals surface area contributed by atoms with Crippen LogP contribution in [0.1, 0.15) is 35.4 Å². The molecule has 28 heavy (non-hydrogen) atoms. The largest absolute Gasteiger partial charge is 0.354 e. The van der Waals surface area contributed by atoms with E-state index in [0.717, 1.165) is 19.5 Å². The highest BCUT2D eigenvalue weighted by Crippen LogP contribution is 2.31. The number of nitrogens with zero attached hydrogens (tertiary/aromatic N) is 1. The van der Waals surface area contributed by atoms with Gasteiger partial charge in [0, 0.05) is 41.9 Å². The van der Waals surface area contributed by atoms with Crippen molar-refractivity contribution in [1.82, 2.24) is 10.2 Å². The summed E-state index contributed by atoms with van der Waals surface area (Å²) >= 11 is 3.60. The summed E-state index contributed by atoms with van der Waals surface area (Å²) in [6.07, 6.45) is 3.54. The fourth-order valence-electron chi connectivity index (χ4n) is 3.40. The molecule has 4 nitrogen and oxygen atoms in total. The molecule has 2 aromatic rings. The minimum absolute atomic E-state index is 0. The number of hydrogen-bond acceptors (Lipinski definition) is 5. The molecule has 0 radical (unpaired) electrons. The molecular weight excluding hydrogens is 433 g/mol. The number of nitrogens with two attached hydrogens (primary N) is 1. The molecule has 1 aromatic heterocycles. The van der Waals surface area contributed by atoms with Crippen molar-refractivity contribution in [3.8, 4) is 0 Å². The number of carbonyl (C=O) groups is 1. The van der Waals surface area contributed by atoms with Gasteiger partial charge < -0.3 is 11.1 Å². The first-order chi connectivity index (χ1) is 12.6. The predicted molar refractivity (Wildman–Crippen MR) is 125 cm³/mol. The summed E-state index contributed by atoms with van der Waals surface area (Å²) in [4.78, 5) is 17.4. The van der Waals surface area contributed by atoms with Crippen LogP contribution < -0.4 is 11.1 Å². The van der Waals surface area contributed by atoms with Gasteiger partial charge in [-0.2, -0.15) is 0 Å². The van der Waals surface area contributed by atoms with E-state index in [-0.39, 0.29) is 42.8 Å². The first-order valence-electron chi connectivity index (χ1n) is 9.02. The lowest BCUT2D eigenvalue weighted by Gasteiger charge is -2.35. The van der Waals surface area contributed by atoms with Gasteiger partial charge in [-0.3, -0.25) is 9.69 Å². The molecule has 0 saturated carbocycles. The molecule has 1 aliphatic heterocycles. The fraction of sp³-hybridized carbons (Fsp3) is 0.450. The van der Waals surface area contributed by atoms with E-state index in [0.29, 0.717) is 13.0 Å². The topological polar surface area (TPSA) is 58.4 Å². The summed E-state index contributed by atoms with van der Waals surface area (Å²) in [5, 5.41) is 5.27. The molecule has 2 heterocycles. The van der Waals surface area contributed by atoms with Gasteiger partial charge >= 0.3 is 0 Å². The average Bonchev–Trinajstić information content (AvgIpc) is 3.09. The van der Waals surface area contributed by atoms with Crippen molar-refractivity contribution in [3.05, 3.63) is 51.7 Å². The van der Waals surface area contributed by atoms with Crippen LogP contribution in [0.4, 0.5) is 0 Å². The van der Waals surface area contributed by atoms with Crippen molar-refractivity contribution in [3.63, 3.8) is 0 Å². The number of carbonyl (C=O) groups excluding carboxylic acids is 1. The Morgan fingerprint density at radius 2 is 2.00 bits per heavy atom. The number of halogens is 2. The van der Waals surface area contributed by atoms with Gasteiger partial charge in [-0.05, 0) is 54.3 Å². The molecule has 1 aromatic carbocycles. The summed E-state index contributed by atoms with van der Waals surface area (Å²) in [5.41, 5.74) is 8.43. The van der Waals surface area contributed by atoms with Crippen molar-refractivity contribution >= 4 is 53.8 Å². The van der Waals surface area contributed by atoms with Crippen LogP contribution in [-0.4, -0.2) is 36.2 Å². The van der Waals surface area contributed by atoms with Gasteiger partial charge in [0.25, 0.3) is 0 Å². The van der Waals surface area contributed by atoms with Crippen molar-refractivity contribution < 1.29 is 4.79 Å². The lowest BCUT2D eigenvalue weighted by Crippen LogP contribution is -2.41. The zero-order chi connectivity index (χ0) is 18.5. The Bertz CT molecular complexity index is 737. The predicted octanol–water partition coefficient (Wildman–Crippen LogP) is 4.27. The number of nitrogens with one attached hydrogen (secondary N) is 1. The zero-order valence-electron chi connectivity index (χ0n) is 16.2. The highest BCUT2D eigenvalue weighted by atomic mass is 35.5. The van der Waals surface area contributed by atoms with Crippen LogP contribution in [0.25, 0.3) is 0 Å². The van der Waals surface area contributed by atoms with Crippen LogP contribution >= 0.6 is 47.9 Å². The van der Waals surface area contributed by atoms with Gasteiger partial charge in [0.2, 0.25) is 5.91 Å². The van der Waals surface area contributed by atoms with E-state index < -0.39 is 0 Å². The lowest BCUT2D eigenvalue weighted by molar-refractivity contribution is -0.121. The minimum atomic E-state index is -0.113. The first kappa shape index (κ1) is 25.3. The second-order valence-corrected chi connectivity index (χ2v) is 8.74. The standard InChI is InChI=1S/C20H27N3OS2.2ClH/c1-14(21)11-20(24)22-12-18(15-3-5-17(25-2)6-4-15)23-9-7-19-16(13-23)8-10-26-19;;/h3-6,8,10,14,18H,7,9,11-13,21H2,1-2H3,(H,22,24);2*1H. The second-order valence-electron chi connectivity index (χ2n) is 6.86. The average molecular weight is 463 g/mol. The third-order valence-electron chi connectivity index (χ3n) is 4.78. The molecule has 0 saturated heterocycles. The van der Waals surface area contributed by atoms with Crippen molar-refractivity contribution in [1.29, 1.82) is 0 Å². The van der Waals surface area contributed by atoms with E-state index in [1.54, 1.807) is 11.8 Å². The summed E-state index contributed by atoms with van der Waals surface area (Å²) in [6.45, 7) is 4.44. The molecule has 0 fully saturated rings. The molecule has 3 rings (SSSR count). The van der Waals surface area contributed by atoms with E-state index in [9.17, 15) is 4.79 Å². The molecule has 0 spiro atoms. The first-order valence-corrected chi connectivity index (χ1v) is 11.1. The smallest absolute Gasteiger partial charge is 0.221 e. The van der Waals surface area contributed by atoms with Crippen molar-refractivity contribution in [2.24, 2.45) is 5.73 Å². The summed E-state index contributed by atoms with van der Waals surface area (Å²) in [7, 11) is 0. The molecule has 1 amide bonds. The summed E-state index contributed by atoms with van der Waals surface area (Å²) < 4.78 is 0. The van der Waals surface area contributed by atoms with Gasteiger partial charge in [0.15, 0.2) is 0 Å². The Labute approximate surface area is 188 Å². The van der Waals surface area contributed by atoms with E-state index in [4.69, 9.17) is 5.73 Å². The molecule has 2 atom stereocenters. The molecule has 8 heteroatoms. The number of fused-ring (bicyclic) bond motifs is 1. The van der Waals surface area contributed by atoms with E-state index in [1.165, 1.54) is 20.9 Å². The Balaban J connectivity index is 0.00000196. The van der Waals surface area contributed by atoms with Gasteiger partial charge in [-0.25, -0.2) is 0 Å². The van der Waals surface area contributed by atoms with Gasteiger partial charge in [-0.1, -0.05) is 12.1 Å². The zero-order valence-corrected chi connectivity index (χ0v) is 19.5. The van der Waals surface area contributed by atoms with Gasteiger partial charge in [-0.15, -0.1) is 47.9 Å². The SMILES string of the molecule is CSc1ccc(C(CNC(=O)CC(C)N)N2CCc3sccc3C2)cc1.Cl.Cl. The maximum Gasteiger partial charge on any atom is 0.221 e. The van der Waals surface area contributed by atoms with Crippen LogP contribution in [0.5, 0.6) is 0 Å². The normalized spacial score (nSPS) is 15.5. The quantitative estimate of drug-likeness (QED) is 0.604. The number of benzene rings is 1. The van der Waals surface area contributed by atoms with Crippen LogP contribution in [0.15, 0.2) is 40.6 Å².